The van der Waals surface area contributed by atoms with Crippen molar-refractivity contribution in [1.29, 1.82) is 5.26 Å². The Morgan fingerprint density at radius 1 is 1.67 bits per heavy atom. The molecule has 0 aromatic carbocycles. The molecule has 0 amide bonds. The molecule has 0 saturated carbocycles. The molecular formula is C8H7BrN2O. The first kappa shape index (κ1) is 9.01. The quantitative estimate of drug-likeness (QED) is 0.725. The first-order valence-electron chi connectivity index (χ1n) is 3.34. The summed E-state index contributed by atoms with van der Waals surface area (Å²) in [6.45, 7) is 0. The zero-order valence-corrected chi connectivity index (χ0v) is 8.13. The van der Waals surface area contributed by atoms with Crippen LogP contribution in [0.3, 0.4) is 0 Å². The van der Waals surface area contributed by atoms with Crippen LogP contribution in [0.25, 0.3) is 0 Å². The van der Waals surface area contributed by atoms with Crippen molar-refractivity contribution in [3.8, 4) is 11.9 Å². The topological polar surface area (TPSA) is 45.9 Å². The number of halogens is 1. The van der Waals surface area contributed by atoms with Crippen LogP contribution in [0.5, 0.6) is 5.88 Å². The minimum Gasteiger partial charge on any atom is -0.481 e. The molecule has 0 atom stereocenters. The van der Waals surface area contributed by atoms with Crippen molar-refractivity contribution in [2.75, 3.05) is 7.11 Å². The average Bonchev–Trinajstić information content (AvgIpc) is 2.08. The summed E-state index contributed by atoms with van der Waals surface area (Å²) in [5.41, 5.74) is 0.809. The van der Waals surface area contributed by atoms with Crippen molar-refractivity contribution in [3.05, 3.63) is 22.3 Å². The molecule has 0 unspecified atom stereocenters. The standard InChI is InChI=1S/C8H7BrN2O/c1-12-8-6(4-5-10)2-3-7(9)11-8/h2-3H,4H2,1H3. The fourth-order valence-corrected chi connectivity index (χ4v) is 1.14. The smallest absolute Gasteiger partial charge is 0.218 e. The lowest BCUT2D eigenvalue weighted by Gasteiger charge is -2.03. The van der Waals surface area contributed by atoms with Crippen LogP contribution in [0.2, 0.25) is 0 Å². The van der Waals surface area contributed by atoms with Gasteiger partial charge in [0.1, 0.15) is 4.60 Å². The Bertz CT molecular complexity index is 319. The Hall–Kier alpha value is -1.08. The maximum Gasteiger partial charge on any atom is 0.218 e. The maximum absolute atomic E-state index is 8.46. The summed E-state index contributed by atoms with van der Waals surface area (Å²) in [6.07, 6.45) is 0.323. The summed E-state index contributed by atoms with van der Waals surface area (Å²) in [6, 6.07) is 5.65. The zero-order valence-electron chi connectivity index (χ0n) is 6.54. The number of hydrogen-bond donors (Lipinski definition) is 0. The molecule has 0 saturated heterocycles. The number of nitriles is 1. The lowest BCUT2D eigenvalue weighted by atomic mass is 10.2. The van der Waals surface area contributed by atoms with Gasteiger partial charge in [-0.05, 0) is 28.1 Å². The van der Waals surface area contributed by atoms with E-state index in [-0.39, 0.29) is 0 Å². The van der Waals surface area contributed by atoms with Crippen molar-refractivity contribution in [2.45, 2.75) is 6.42 Å². The average molecular weight is 227 g/mol. The summed E-state index contributed by atoms with van der Waals surface area (Å²) in [7, 11) is 1.54. The predicted molar refractivity (Wildman–Crippen MR) is 47.8 cm³/mol. The molecule has 4 heteroatoms. The molecule has 0 spiro atoms. The van der Waals surface area contributed by atoms with Crippen molar-refractivity contribution >= 4 is 15.9 Å². The highest BCUT2D eigenvalue weighted by Gasteiger charge is 2.03. The first-order chi connectivity index (χ1) is 5.77. The van der Waals surface area contributed by atoms with Crippen LogP contribution in [0, 0.1) is 11.3 Å². The van der Waals surface area contributed by atoms with Gasteiger partial charge in [-0.3, -0.25) is 0 Å². The van der Waals surface area contributed by atoms with Crippen LogP contribution < -0.4 is 4.74 Å². The molecule has 0 bridgehead atoms. The molecule has 1 aromatic rings. The second-order valence-corrected chi connectivity index (χ2v) is 2.95. The van der Waals surface area contributed by atoms with Gasteiger partial charge < -0.3 is 4.74 Å². The van der Waals surface area contributed by atoms with E-state index in [4.69, 9.17) is 10.00 Å². The molecule has 1 heterocycles. The van der Waals surface area contributed by atoms with Gasteiger partial charge in [0.25, 0.3) is 0 Å². The first-order valence-corrected chi connectivity index (χ1v) is 4.13. The second-order valence-electron chi connectivity index (χ2n) is 2.14. The van der Waals surface area contributed by atoms with E-state index in [0.717, 1.165) is 5.56 Å². The van der Waals surface area contributed by atoms with Gasteiger partial charge in [0.2, 0.25) is 5.88 Å². The molecule has 0 aliphatic carbocycles. The van der Waals surface area contributed by atoms with Crippen molar-refractivity contribution in [2.24, 2.45) is 0 Å². The maximum atomic E-state index is 8.46. The van der Waals surface area contributed by atoms with E-state index in [0.29, 0.717) is 16.9 Å². The summed E-state index contributed by atoms with van der Waals surface area (Å²) >= 11 is 3.21. The van der Waals surface area contributed by atoms with E-state index in [1.54, 1.807) is 6.07 Å². The summed E-state index contributed by atoms with van der Waals surface area (Å²) in [5.74, 6) is 0.505. The highest BCUT2D eigenvalue weighted by Crippen LogP contribution is 2.18. The second kappa shape index (κ2) is 4.07. The molecular weight excluding hydrogens is 220 g/mol. The van der Waals surface area contributed by atoms with Crippen LogP contribution in [0.15, 0.2) is 16.7 Å². The molecule has 0 fully saturated rings. The fourth-order valence-electron chi connectivity index (χ4n) is 0.843. The van der Waals surface area contributed by atoms with Gasteiger partial charge in [0.15, 0.2) is 0 Å². The van der Waals surface area contributed by atoms with Crippen molar-refractivity contribution in [3.63, 3.8) is 0 Å². The highest BCUT2D eigenvalue weighted by molar-refractivity contribution is 9.10. The van der Waals surface area contributed by atoms with Crippen LogP contribution in [-0.4, -0.2) is 12.1 Å². The molecule has 0 N–H and O–H groups in total. The molecule has 62 valence electrons. The lowest BCUT2D eigenvalue weighted by molar-refractivity contribution is 0.393. The summed E-state index contributed by atoms with van der Waals surface area (Å²) in [5, 5.41) is 8.46. The van der Waals surface area contributed by atoms with E-state index in [1.165, 1.54) is 7.11 Å². The number of methoxy groups -OCH3 is 1. The third-order valence-corrected chi connectivity index (χ3v) is 1.81. The predicted octanol–water partition coefficient (Wildman–Crippen LogP) is 1.92. The van der Waals surface area contributed by atoms with Crippen molar-refractivity contribution in [1.82, 2.24) is 4.98 Å². The molecule has 3 nitrogen and oxygen atoms in total. The number of pyridine rings is 1. The molecule has 0 aliphatic heterocycles. The minimum atomic E-state index is 0.323. The Morgan fingerprint density at radius 3 is 3.00 bits per heavy atom. The third-order valence-electron chi connectivity index (χ3n) is 1.37. The van der Waals surface area contributed by atoms with Crippen LogP contribution in [-0.2, 0) is 6.42 Å². The van der Waals surface area contributed by atoms with Crippen LogP contribution in [0.4, 0.5) is 0 Å². The van der Waals surface area contributed by atoms with Crippen LogP contribution in [0.1, 0.15) is 5.56 Å². The molecule has 12 heavy (non-hydrogen) atoms. The Morgan fingerprint density at radius 2 is 2.42 bits per heavy atom. The van der Waals surface area contributed by atoms with Gasteiger partial charge in [-0.15, -0.1) is 0 Å². The Kier molecular flexibility index (Phi) is 3.06. The molecule has 1 aromatic heterocycles. The molecule has 1 rings (SSSR count). The van der Waals surface area contributed by atoms with Crippen molar-refractivity contribution < 1.29 is 4.74 Å². The normalized spacial score (nSPS) is 9.08. The monoisotopic (exact) mass is 226 g/mol. The highest BCUT2D eigenvalue weighted by atomic mass is 79.9. The minimum absolute atomic E-state index is 0.323. The number of rotatable bonds is 2. The molecule has 0 aliphatic rings. The van der Waals surface area contributed by atoms with Gasteiger partial charge in [-0.25, -0.2) is 4.98 Å². The zero-order chi connectivity index (χ0) is 8.97. The van der Waals surface area contributed by atoms with E-state index in [9.17, 15) is 0 Å². The Labute approximate surface area is 79.1 Å². The molecule has 0 radical (unpaired) electrons. The SMILES string of the molecule is COc1nc(Br)ccc1CC#N. The Balaban J connectivity index is 3.04. The van der Waals surface area contributed by atoms with Gasteiger partial charge in [0, 0.05) is 5.56 Å². The fraction of sp³-hybridized carbons (Fsp3) is 0.250. The van der Waals surface area contributed by atoms with Gasteiger partial charge in [-0.2, -0.15) is 5.26 Å². The van der Waals surface area contributed by atoms with E-state index in [1.807, 2.05) is 12.1 Å². The number of aromatic nitrogens is 1. The largest absolute Gasteiger partial charge is 0.481 e. The van der Waals surface area contributed by atoms with E-state index in [2.05, 4.69) is 20.9 Å². The van der Waals surface area contributed by atoms with Gasteiger partial charge >= 0.3 is 0 Å². The van der Waals surface area contributed by atoms with Gasteiger partial charge in [-0.1, -0.05) is 0 Å². The number of nitrogens with zero attached hydrogens (tertiary/aromatic N) is 2. The van der Waals surface area contributed by atoms with E-state index >= 15 is 0 Å². The third kappa shape index (κ3) is 1.95. The number of hydrogen-bond acceptors (Lipinski definition) is 3. The van der Waals surface area contributed by atoms with E-state index < -0.39 is 0 Å². The summed E-state index contributed by atoms with van der Waals surface area (Å²) in [4.78, 5) is 4.05. The summed E-state index contributed by atoms with van der Waals surface area (Å²) < 4.78 is 5.70. The lowest BCUT2D eigenvalue weighted by Crippen LogP contribution is -1.94. The van der Waals surface area contributed by atoms with Crippen LogP contribution >= 0.6 is 15.9 Å². The van der Waals surface area contributed by atoms with Gasteiger partial charge in [0.05, 0.1) is 19.6 Å². The number of ether oxygens (including phenoxy) is 1.